The molecular weight excluding hydrogens is 862 g/mol. The maximum absolute atomic E-state index is 12.7. The Morgan fingerprint density at radius 1 is 0.516 bits per heavy atom. The summed E-state index contributed by atoms with van der Waals surface area (Å²) in [6.07, 6.45) is 49.5. The van der Waals surface area contributed by atoms with Crippen LogP contribution < -0.4 is 0 Å². The molecule has 0 heterocycles. The van der Waals surface area contributed by atoms with E-state index in [4.69, 9.17) is 23.8 Å². The summed E-state index contributed by atoms with van der Waals surface area (Å²) in [7, 11) is -9.78. The molecule has 16 heteroatoms. The van der Waals surface area contributed by atoms with Crippen molar-refractivity contribution in [3.05, 3.63) is 122 Å². The minimum absolute atomic E-state index is 0.0455. The zero-order chi connectivity index (χ0) is 47.4. The van der Waals surface area contributed by atoms with Gasteiger partial charge >= 0.3 is 27.6 Å². The number of carbonyl (C=O) groups is 2. The zero-order valence-electron chi connectivity index (χ0n) is 37.9. The van der Waals surface area contributed by atoms with Crippen molar-refractivity contribution in [1.82, 2.24) is 0 Å². The first kappa shape index (κ1) is 60.5. The van der Waals surface area contributed by atoms with Gasteiger partial charge in [0.2, 0.25) is 0 Å². The molecule has 0 aromatic heterocycles. The topological polar surface area (TPSA) is 216 Å². The highest BCUT2D eigenvalue weighted by molar-refractivity contribution is 7.47. The Balaban J connectivity index is 4.79. The lowest BCUT2D eigenvalue weighted by Crippen LogP contribution is -2.30. The van der Waals surface area contributed by atoms with E-state index in [1.807, 2.05) is 12.2 Å². The molecule has 0 rings (SSSR count). The Bertz CT molecular complexity index is 1600. The molecule has 64 heavy (non-hydrogen) atoms. The molecule has 0 aliphatic carbocycles. The number of esters is 2. The molecule has 2 unspecified atom stereocenters. The number of aliphatic hydroxyl groups excluding tert-OH is 2. The Hall–Kier alpha value is -3.52. The highest BCUT2D eigenvalue weighted by Crippen LogP contribution is 2.43. The van der Waals surface area contributed by atoms with Crippen LogP contribution in [0.1, 0.15) is 123 Å². The Morgan fingerprint density at radius 2 is 0.984 bits per heavy atom. The average molecular weight is 939 g/mol. The van der Waals surface area contributed by atoms with Gasteiger partial charge in [-0.2, -0.15) is 0 Å². The van der Waals surface area contributed by atoms with Gasteiger partial charge in [0.25, 0.3) is 0 Å². The number of aliphatic hydroxyl groups is 2. The van der Waals surface area contributed by atoms with Crippen molar-refractivity contribution in [2.24, 2.45) is 0 Å². The van der Waals surface area contributed by atoms with Gasteiger partial charge in [-0.1, -0.05) is 148 Å². The first-order valence-electron chi connectivity index (χ1n) is 22.3. The fraction of sp³-hybridized carbons (Fsp3) is 0.542. The van der Waals surface area contributed by atoms with Gasteiger partial charge in [0.05, 0.1) is 25.9 Å². The average Bonchev–Trinajstić information content (AvgIpc) is 3.25. The van der Waals surface area contributed by atoms with E-state index in [2.05, 4.69) is 114 Å². The maximum Gasteiger partial charge on any atom is 0.472 e. The third-order valence-corrected chi connectivity index (χ3v) is 9.89. The van der Waals surface area contributed by atoms with Gasteiger partial charge in [-0.25, -0.2) is 9.13 Å². The molecule has 0 aliphatic heterocycles. The summed E-state index contributed by atoms with van der Waals surface area (Å²) in [5, 5.41) is 20.0. The summed E-state index contributed by atoms with van der Waals surface area (Å²) in [4.78, 5) is 52.8. The monoisotopic (exact) mass is 938 g/mol. The van der Waals surface area contributed by atoms with Crippen molar-refractivity contribution in [3.63, 3.8) is 0 Å². The number of hydrogen-bond donors (Lipinski definition) is 5. The molecule has 0 fully saturated rings. The number of ether oxygens (including phenoxy) is 2. The molecule has 0 aliphatic rings. The first-order chi connectivity index (χ1) is 30.8. The Kier molecular flexibility index (Phi) is 39.8. The van der Waals surface area contributed by atoms with Crippen molar-refractivity contribution < 1.29 is 66.7 Å². The van der Waals surface area contributed by atoms with Crippen LogP contribution in [0, 0.1) is 0 Å². The third kappa shape index (κ3) is 45.1. The molecule has 0 saturated heterocycles. The van der Waals surface area contributed by atoms with Crippen molar-refractivity contribution in [3.8, 4) is 0 Å². The smallest absolute Gasteiger partial charge is 0.462 e. The van der Waals surface area contributed by atoms with E-state index in [1.54, 1.807) is 18.2 Å². The van der Waals surface area contributed by atoms with E-state index in [1.165, 1.54) is 0 Å². The van der Waals surface area contributed by atoms with Gasteiger partial charge in [0.1, 0.15) is 12.7 Å². The fourth-order valence-corrected chi connectivity index (χ4v) is 6.25. The maximum atomic E-state index is 12.7. The molecule has 0 bridgehead atoms. The predicted octanol–water partition coefficient (Wildman–Crippen LogP) is 10.6. The molecule has 362 valence electrons. The van der Waals surface area contributed by atoms with E-state index in [-0.39, 0.29) is 19.3 Å². The summed E-state index contributed by atoms with van der Waals surface area (Å²) >= 11 is 0. The van der Waals surface area contributed by atoms with E-state index in [0.717, 1.165) is 83.5 Å². The molecule has 4 atom stereocenters. The highest BCUT2D eigenvalue weighted by Gasteiger charge is 2.28. The molecule has 0 amide bonds. The van der Waals surface area contributed by atoms with Gasteiger partial charge in [0.15, 0.2) is 6.10 Å². The van der Waals surface area contributed by atoms with Crippen LogP contribution in [0.3, 0.4) is 0 Å². The van der Waals surface area contributed by atoms with E-state index in [0.29, 0.717) is 6.42 Å². The molecule has 5 N–H and O–H groups in total. The van der Waals surface area contributed by atoms with Crippen LogP contribution in [-0.4, -0.2) is 81.6 Å². The molecular formula is C48H76O14P2. The van der Waals surface area contributed by atoms with Gasteiger partial charge < -0.3 is 34.4 Å². The van der Waals surface area contributed by atoms with Crippen molar-refractivity contribution in [1.29, 1.82) is 0 Å². The fourth-order valence-electron chi connectivity index (χ4n) is 5.09. The summed E-state index contributed by atoms with van der Waals surface area (Å²) in [6.45, 7) is 1.21. The molecule has 0 radical (unpaired) electrons. The Morgan fingerprint density at radius 3 is 1.52 bits per heavy atom. The summed E-state index contributed by atoms with van der Waals surface area (Å²) in [5.74, 6) is -1.36. The Labute approximate surface area is 382 Å². The van der Waals surface area contributed by atoms with Crippen LogP contribution in [0.2, 0.25) is 0 Å². The van der Waals surface area contributed by atoms with Crippen LogP contribution in [0.4, 0.5) is 0 Å². The van der Waals surface area contributed by atoms with Gasteiger partial charge in [-0.15, -0.1) is 0 Å². The summed E-state index contributed by atoms with van der Waals surface area (Å²) in [5.41, 5.74) is 0. The van der Waals surface area contributed by atoms with Gasteiger partial charge in [0, 0.05) is 12.8 Å². The van der Waals surface area contributed by atoms with Crippen molar-refractivity contribution in [2.45, 2.75) is 141 Å². The summed E-state index contributed by atoms with van der Waals surface area (Å²) < 4.78 is 47.6. The number of phosphoric ester groups is 2. The SMILES string of the molecule is CC/C=C\C/C=C\C/C=C\C/C=C\C/C=C\C=C/C(O)CCC(=O)OC[C@H](COP(=O)(O)OC[C@@H](O)COP(=O)(O)O)OC(=O)CCCCCC/C=C\C/C=C\C/C=C\C/C=C\CC. The quantitative estimate of drug-likeness (QED) is 0.0127. The highest BCUT2D eigenvalue weighted by atomic mass is 31.2. The molecule has 14 nitrogen and oxygen atoms in total. The predicted molar refractivity (Wildman–Crippen MR) is 254 cm³/mol. The number of carbonyl (C=O) groups excluding carboxylic acids is 2. The molecule has 0 spiro atoms. The normalized spacial score (nSPS) is 15.5. The minimum atomic E-state index is -4.90. The molecule has 0 saturated carbocycles. The second-order valence-corrected chi connectivity index (χ2v) is 17.1. The number of unbranched alkanes of at least 4 members (excludes halogenated alkanes) is 4. The zero-order valence-corrected chi connectivity index (χ0v) is 39.7. The lowest BCUT2D eigenvalue weighted by atomic mass is 10.1. The van der Waals surface area contributed by atoms with E-state index in [9.17, 15) is 33.8 Å². The second-order valence-electron chi connectivity index (χ2n) is 14.4. The second kappa shape index (κ2) is 42.1. The van der Waals surface area contributed by atoms with Crippen molar-refractivity contribution in [2.75, 3.05) is 26.4 Å². The van der Waals surface area contributed by atoms with Crippen LogP contribution in [0.5, 0.6) is 0 Å². The number of rotatable bonds is 40. The molecule has 0 aromatic carbocycles. The van der Waals surface area contributed by atoms with E-state index < -0.39 is 72.3 Å². The molecule has 0 aromatic rings. The van der Waals surface area contributed by atoms with Crippen LogP contribution >= 0.6 is 15.6 Å². The van der Waals surface area contributed by atoms with Crippen molar-refractivity contribution >= 4 is 27.6 Å². The lowest BCUT2D eigenvalue weighted by Gasteiger charge is -2.20. The van der Waals surface area contributed by atoms with Gasteiger partial charge in [-0.3, -0.25) is 23.2 Å². The standard InChI is InChI=1S/C48H76O14P2/c1-3-5-7-9-11-13-15-17-19-21-23-25-27-29-31-33-35-37-48(52)62-46(43-61-64(56,57)60-41-45(50)40-59-63(53,54)55)42-58-47(51)39-38-44(49)36-34-32-30-28-26-24-22-20-18-16-14-12-10-8-6-4-2/h5-8,11-14,17-20,23-26,30,32,34,36,44-46,49-50H,3-4,9-10,15-16,21-22,27-29,31,33,35,37-43H2,1-2H3,(H,56,57)(H2,53,54,55)/b7-5-,8-6-,13-11-,14-12-,19-17-,20-18-,25-23-,26-24-,32-30-,36-34-/t44?,45-,46+/m0/s1. The minimum Gasteiger partial charge on any atom is -0.462 e. The van der Waals surface area contributed by atoms with Crippen LogP contribution in [-0.2, 0) is 41.8 Å². The lowest BCUT2D eigenvalue weighted by molar-refractivity contribution is -0.161. The third-order valence-electron chi connectivity index (χ3n) is 8.45. The first-order valence-corrected chi connectivity index (χ1v) is 25.4. The number of allylic oxidation sites excluding steroid dienone is 19. The number of hydrogen-bond acceptors (Lipinski definition) is 11. The van der Waals surface area contributed by atoms with Crippen LogP contribution in [0.15, 0.2) is 122 Å². The largest absolute Gasteiger partial charge is 0.472 e. The summed E-state index contributed by atoms with van der Waals surface area (Å²) in [6, 6.07) is 0. The number of phosphoric acid groups is 2. The van der Waals surface area contributed by atoms with E-state index >= 15 is 0 Å². The van der Waals surface area contributed by atoms with Gasteiger partial charge in [-0.05, 0) is 83.5 Å². The van der Waals surface area contributed by atoms with Crippen LogP contribution in [0.25, 0.3) is 0 Å².